The second-order valence-electron chi connectivity index (χ2n) is 8.62. The molecule has 0 unspecified atom stereocenters. The molecule has 2 heteroatoms. The van der Waals surface area contributed by atoms with E-state index in [0.29, 0.717) is 0 Å². The number of nitrogens with zero attached hydrogens (tertiary/aromatic N) is 2. The van der Waals surface area contributed by atoms with Gasteiger partial charge < -0.3 is 0 Å². The van der Waals surface area contributed by atoms with Crippen LogP contribution in [0.25, 0.3) is 65.9 Å². The zero-order valence-corrected chi connectivity index (χ0v) is 18.4. The molecule has 0 spiro atoms. The molecule has 0 fully saturated rings. The number of para-hydroxylation sites is 1. The Balaban J connectivity index is 1.51. The molecule has 0 N–H and O–H groups in total. The van der Waals surface area contributed by atoms with Gasteiger partial charge in [-0.25, -0.2) is 9.97 Å². The van der Waals surface area contributed by atoms with Gasteiger partial charge in [0.2, 0.25) is 0 Å². The van der Waals surface area contributed by atoms with Gasteiger partial charge in [0.05, 0.1) is 22.6 Å². The normalized spacial score (nSPS) is 11.5. The number of hydrogen-bond acceptors (Lipinski definition) is 2. The molecule has 0 aliphatic carbocycles. The van der Waals surface area contributed by atoms with Crippen LogP contribution in [0.4, 0.5) is 0 Å². The number of aromatic nitrogens is 2. The van der Waals surface area contributed by atoms with Crippen LogP contribution >= 0.6 is 0 Å². The van der Waals surface area contributed by atoms with Gasteiger partial charge in [-0.05, 0) is 51.2 Å². The van der Waals surface area contributed by atoms with Gasteiger partial charge >= 0.3 is 0 Å². The molecule has 0 atom stereocenters. The molecule has 0 amide bonds. The predicted octanol–water partition coefficient (Wildman–Crippen LogP) is 8.42. The molecular formula is C32H20N2. The summed E-state index contributed by atoms with van der Waals surface area (Å²) < 4.78 is 0. The van der Waals surface area contributed by atoms with Crippen molar-refractivity contribution in [3.63, 3.8) is 0 Å². The number of benzene rings is 5. The molecule has 158 valence electrons. The highest BCUT2D eigenvalue weighted by Crippen LogP contribution is 2.36. The van der Waals surface area contributed by atoms with Crippen LogP contribution in [-0.4, -0.2) is 9.97 Å². The second kappa shape index (κ2) is 7.50. The fourth-order valence-electron chi connectivity index (χ4n) is 5.08. The van der Waals surface area contributed by atoms with Crippen molar-refractivity contribution >= 4 is 43.2 Å². The molecule has 0 saturated carbocycles. The Bertz CT molecular complexity index is 1730. The molecule has 0 aliphatic heterocycles. The minimum Gasteiger partial charge on any atom is -0.246 e. The smallest absolute Gasteiger partial charge is 0.0972 e. The minimum atomic E-state index is 0.886. The number of hydrogen-bond donors (Lipinski definition) is 0. The molecule has 2 aromatic heterocycles. The van der Waals surface area contributed by atoms with Gasteiger partial charge in [0.15, 0.2) is 0 Å². The largest absolute Gasteiger partial charge is 0.246 e. The Hall–Kier alpha value is -4.56. The van der Waals surface area contributed by atoms with Crippen LogP contribution in [0.5, 0.6) is 0 Å². The van der Waals surface area contributed by atoms with E-state index in [0.717, 1.165) is 33.5 Å². The molecule has 7 aromatic rings. The van der Waals surface area contributed by atoms with Crippen LogP contribution in [0.3, 0.4) is 0 Å². The van der Waals surface area contributed by atoms with E-state index in [2.05, 4.69) is 115 Å². The summed E-state index contributed by atoms with van der Waals surface area (Å²) in [6.07, 6.45) is 0. The average molecular weight is 433 g/mol. The van der Waals surface area contributed by atoms with E-state index in [1.54, 1.807) is 0 Å². The van der Waals surface area contributed by atoms with E-state index < -0.39 is 0 Å². The molecule has 2 heterocycles. The first-order valence-corrected chi connectivity index (χ1v) is 11.5. The lowest BCUT2D eigenvalue weighted by atomic mass is 9.95. The van der Waals surface area contributed by atoms with Gasteiger partial charge in [-0.15, -0.1) is 0 Å². The van der Waals surface area contributed by atoms with Crippen LogP contribution in [-0.2, 0) is 0 Å². The zero-order chi connectivity index (χ0) is 22.5. The Labute approximate surface area is 197 Å². The summed E-state index contributed by atoms with van der Waals surface area (Å²) in [6.45, 7) is 0. The second-order valence-corrected chi connectivity index (χ2v) is 8.62. The van der Waals surface area contributed by atoms with Gasteiger partial charge in [0.25, 0.3) is 0 Å². The Morgan fingerprint density at radius 3 is 1.79 bits per heavy atom. The highest BCUT2D eigenvalue weighted by molar-refractivity contribution is 6.14. The standard InChI is InChI=1S/C32H20N2/c1-2-11-22-21(10-1)20-28(24-13-4-3-12-23(22)24)30-18-9-19-31(33-30)32-27-16-6-5-14-25(27)26-15-7-8-17-29(26)34-32/h1-20H. The van der Waals surface area contributed by atoms with E-state index in [4.69, 9.17) is 9.97 Å². The summed E-state index contributed by atoms with van der Waals surface area (Å²) in [7, 11) is 0. The Morgan fingerprint density at radius 1 is 0.382 bits per heavy atom. The Morgan fingerprint density at radius 2 is 0.971 bits per heavy atom. The van der Waals surface area contributed by atoms with Crippen molar-refractivity contribution < 1.29 is 0 Å². The highest BCUT2D eigenvalue weighted by atomic mass is 14.8. The molecule has 2 nitrogen and oxygen atoms in total. The fourth-order valence-corrected chi connectivity index (χ4v) is 5.08. The maximum Gasteiger partial charge on any atom is 0.0972 e. The lowest BCUT2D eigenvalue weighted by Crippen LogP contribution is -1.94. The van der Waals surface area contributed by atoms with Crippen molar-refractivity contribution in [2.75, 3.05) is 0 Å². The topological polar surface area (TPSA) is 25.8 Å². The Kier molecular flexibility index (Phi) is 4.18. The monoisotopic (exact) mass is 432 g/mol. The third-order valence-corrected chi connectivity index (χ3v) is 6.64. The quantitative estimate of drug-likeness (QED) is 0.256. The third-order valence-electron chi connectivity index (χ3n) is 6.64. The summed E-state index contributed by atoms with van der Waals surface area (Å²) in [6, 6.07) is 42.5. The summed E-state index contributed by atoms with van der Waals surface area (Å²) in [5.41, 5.74) is 4.89. The van der Waals surface area contributed by atoms with Crippen molar-refractivity contribution in [1.82, 2.24) is 9.97 Å². The van der Waals surface area contributed by atoms with Crippen LogP contribution in [0.1, 0.15) is 0 Å². The van der Waals surface area contributed by atoms with Crippen molar-refractivity contribution in [3.8, 4) is 22.6 Å². The van der Waals surface area contributed by atoms with E-state index in [1.807, 2.05) is 6.07 Å². The highest BCUT2D eigenvalue weighted by Gasteiger charge is 2.14. The number of rotatable bonds is 2. The van der Waals surface area contributed by atoms with Crippen molar-refractivity contribution in [3.05, 3.63) is 121 Å². The van der Waals surface area contributed by atoms with Gasteiger partial charge in [-0.1, -0.05) is 97.1 Å². The van der Waals surface area contributed by atoms with Crippen LogP contribution < -0.4 is 0 Å². The minimum absolute atomic E-state index is 0.886. The van der Waals surface area contributed by atoms with Gasteiger partial charge in [-0.3, -0.25) is 0 Å². The number of fused-ring (bicyclic) bond motifs is 6. The first-order valence-electron chi connectivity index (χ1n) is 11.5. The maximum absolute atomic E-state index is 5.16. The average Bonchev–Trinajstić information content (AvgIpc) is 2.92. The van der Waals surface area contributed by atoms with Crippen LogP contribution in [0.15, 0.2) is 121 Å². The molecule has 0 saturated heterocycles. The molecule has 5 aromatic carbocycles. The molecule has 0 radical (unpaired) electrons. The number of pyridine rings is 2. The van der Waals surface area contributed by atoms with Gasteiger partial charge in [-0.2, -0.15) is 0 Å². The molecule has 0 bridgehead atoms. The zero-order valence-electron chi connectivity index (χ0n) is 18.4. The summed E-state index contributed by atoms with van der Waals surface area (Å²) in [4.78, 5) is 10.2. The lowest BCUT2D eigenvalue weighted by molar-refractivity contribution is 1.29. The predicted molar refractivity (Wildman–Crippen MR) is 143 cm³/mol. The summed E-state index contributed by atoms with van der Waals surface area (Å²) in [5.74, 6) is 0. The molecule has 7 rings (SSSR count). The van der Waals surface area contributed by atoms with Crippen LogP contribution in [0, 0.1) is 0 Å². The van der Waals surface area contributed by atoms with Gasteiger partial charge in [0, 0.05) is 16.3 Å². The maximum atomic E-state index is 5.16. The molecular weight excluding hydrogens is 412 g/mol. The molecule has 34 heavy (non-hydrogen) atoms. The summed E-state index contributed by atoms with van der Waals surface area (Å²) in [5, 5.41) is 8.43. The van der Waals surface area contributed by atoms with Crippen LogP contribution in [0.2, 0.25) is 0 Å². The van der Waals surface area contributed by atoms with Gasteiger partial charge in [0.1, 0.15) is 0 Å². The van der Waals surface area contributed by atoms with E-state index in [9.17, 15) is 0 Å². The van der Waals surface area contributed by atoms with E-state index >= 15 is 0 Å². The van der Waals surface area contributed by atoms with Crippen molar-refractivity contribution in [2.24, 2.45) is 0 Å². The molecule has 0 aliphatic rings. The first kappa shape index (κ1) is 19.0. The van der Waals surface area contributed by atoms with E-state index in [-0.39, 0.29) is 0 Å². The van der Waals surface area contributed by atoms with Crippen molar-refractivity contribution in [1.29, 1.82) is 0 Å². The summed E-state index contributed by atoms with van der Waals surface area (Å²) >= 11 is 0. The fraction of sp³-hybridized carbons (Fsp3) is 0. The first-order chi connectivity index (χ1) is 16.9. The van der Waals surface area contributed by atoms with Crippen molar-refractivity contribution in [2.45, 2.75) is 0 Å². The SMILES string of the molecule is c1cc(-c2cc3ccccc3c3ccccc23)nc(-c2nc3ccccc3c3ccccc23)c1. The van der Waals surface area contributed by atoms with E-state index in [1.165, 1.54) is 32.3 Å². The lowest BCUT2D eigenvalue weighted by Gasteiger charge is -2.13. The third kappa shape index (κ3) is 2.89.